The van der Waals surface area contributed by atoms with E-state index >= 15 is 0 Å². The Hall–Kier alpha value is -2.00. The van der Waals surface area contributed by atoms with Crippen LogP contribution in [0.2, 0.25) is 0 Å². The maximum Gasteiger partial charge on any atom is 0.232 e. The molecule has 0 spiro atoms. The van der Waals surface area contributed by atoms with Gasteiger partial charge < -0.3 is 0 Å². The Morgan fingerprint density at radius 1 is 0.895 bits per heavy atom. The number of Topliss-reactive ketones (excluding diaryl/α,β-unsaturated/α-hetero) is 1. The fraction of sp³-hybridized carbons (Fsp3) is 0. The van der Waals surface area contributed by atoms with Crippen molar-refractivity contribution >= 4 is 33.6 Å². The lowest BCUT2D eigenvalue weighted by molar-refractivity contribution is -0.110. The molecule has 0 radical (unpaired) electrons. The van der Waals surface area contributed by atoms with Gasteiger partial charge in [-0.1, -0.05) is 52.3 Å². The predicted molar refractivity (Wildman–Crippen MR) is 79.0 cm³/mol. The summed E-state index contributed by atoms with van der Waals surface area (Å²) in [4.78, 5) is 23.6. The van der Waals surface area contributed by atoms with Gasteiger partial charge in [-0.15, -0.1) is 0 Å². The van der Waals surface area contributed by atoms with E-state index in [0.717, 1.165) is 10.0 Å². The minimum atomic E-state index is -0.522. The van der Waals surface area contributed by atoms with Crippen LogP contribution in [0.4, 0.5) is 0 Å². The van der Waals surface area contributed by atoms with Crippen LogP contribution in [0.3, 0.4) is 0 Å². The third kappa shape index (κ3) is 3.73. The molecular formula is C16H11BrO2. The summed E-state index contributed by atoms with van der Waals surface area (Å²) in [7, 11) is 0. The summed E-state index contributed by atoms with van der Waals surface area (Å²) in [5.41, 5.74) is 1.28. The summed E-state index contributed by atoms with van der Waals surface area (Å²) in [6.07, 6.45) is 2.94. The van der Waals surface area contributed by atoms with E-state index in [4.69, 9.17) is 0 Å². The maximum atomic E-state index is 11.9. The van der Waals surface area contributed by atoms with Crippen LogP contribution in [0.25, 0.3) is 6.08 Å². The summed E-state index contributed by atoms with van der Waals surface area (Å²) in [6.45, 7) is 0. The van der Waals surface area contributed by atoms with E-state index in [1.807, 2.05) is 30.3 Å². The summed E-state index contributed by atoms with van der Waals surface area (Å²) < 4.78 is 0.872. The standard InChI is InChI=1S/C16H11BrO2/c17-14-9-7-13(8-10-14)16(19)15(18)11-6-12-4-2-1-3-5-12/h1-11H/b11-6+. The molecule has 0 aromatic heterocycles. The summed E-state index contributed by atoms with van der Waals surface area (Å²) >= 11 is 3.28. The average molecular weight is 315 g/mol. The van der Waals surface area contributed by atoms with Crippen molar-refractivity contribution < 1.29 is 9.59 Å². The highest BCUT2D eigenvalue weighted by Crippen LogP contribution is 2.11. The number of halogens is 1. The topological polar surface area (TPSA) is 34.1 Å². The molecule has 0 atom stereocenters. The van der Waals surface area contributed by atoms with Crippen molar-refractivity contribution in [3.05, 3.63) is 76.3 Å². The van der Waals surface area contributed by atoms with E-state index < -0.39 is 11.6 Å². The molecule has 0 fully saturated rings. The third-order valence-electron chi connectivity index (χ3n) is 2.56. The van der Waals surface area contributed by atoms with Gasteiger partial charge in [-0.05, 0) is 35.9 Å². The number of benzene rings is 2. The summed E-state index contributed by atoms with van der Waals surface area (Å²) in [5, 5.41) is 0. The van der Waals surface area contributed by atoms with Crippen LogP contribution >= 0.6 is 15.9 Å². The van der Waals surface area contributed by atoms with Gasteiger partial charge >= 0.3 is 0 Å². The number of ketones is 2. The Bertz CT molecular complexity index is 613. The molecule has 0 N–H and O–H groups in total. The molecule has 0 aliphatic heterocycles. The second-order valence-corrected chi connectivity index (χ2v) is 4.86. The predicted octanol–water partition coefficient (Wildman–Crippen LogP) is 3.91. The van der Waals surface area contributed by atoms with E-state index in [1.54, 1.807) is 30.3 Å². The number of carbonyl (C=O) groups is 2. The average Bonchev–Trinajstić information content (AvgIpc) is 2.46. The van der Waals surface area contributed by atoms with Crippen LogP contribution in [0.1, 0.15) is 15.9 Å². The lowest BCUT2D eigenvalue weighted by atomic mass is 10.1. The number of rotatable bonds is 4. The van der Waals surface area contributed by atoms with Crippen molar-refractivity contribution in [2.75, 3.05) is 0 Å². The molecule has 2 aromatic carbocycles. The molecule has 2 rings (SSSR count). The van der Waals surface area contributed by atoms with Crippen LogP contribution in [-0.2, 0) is 4.79 Å². The first kappa shape index (κ1) is 13.4. The second-order valence-electron chi connectivity index (χ2n) is 3.94. The van der Waals surface area contributed by atoms with Crippen molar-refractivity contribution in [3.8, 4) is 0 Å². The largest absolute Gasteiger partial charge is 0.286 e. The van der Waals surface area contributed by atoms with Crippen molar-refractivity contribution in [2.45, 2.75) is 0 Å². The second kappa shape index (κ2) is 6.25. The van der Waals surface area contributed by atoms with Crippen LogP contribution in [-0.4, -0.2) is 11.6 Å². The van der Waals surface area contributed by atoms with Gasteiger partial charge in [0.1, 0.15) is 0 Å². The molecule has 0 aliphatic rings. The van der Waals surface area contributed by atoms with Crippen molar-refractivity contribution in [3.63, 3.8) is 0 Å². The smallest absolute Gasteiger partial charge is 0.232 e. The van der Waals surface area contributed by atoms with Gasteiger partial charge in [0, 0.05) is 10.0 Å². The third-order valence-corrected chi connectivity index (χ3v) is 3.09. The highest BCUT2D eigenvalue weighted by Gasteiger charge is 2.12. The lowest BCUT2D eigenvalue weighted by Crippen LogP contribution is -2.10. The molecule has 0 unspecified atom stereocenters. The quantitative estimate of drug-likeness (QED) is 0.487. The fourth-order valence-corrected chi connectivity index (χ4v) is 1.82. The molecule has 0 bridgehead atoms. The number of carbonyl (C=O) groups excluding carboxylic acids is 2. The van der Waals surface area contributed by atoms with Crippen LogP contribution in [0.5, 0.6) is 0 Å². The van der Waals surface area contributed by atoms with Gasteiger partial charge in [0.15, 0.2) is 0 Å². The van der Waals surface area contributed by atoms with E-state index in [1.165, 1.54) is 6.08 Å². The van der Waals surface area contributed by atoms with Crippen LogP contribution in [0.15, 0.2) is 65.1 Å². The Balaban J connectivity index is 2.10. The highest BCUT2D eigenvalue weighted by atomic mass is 79.9. The summed E-state index contributed by atoms with van der Waals surface area (Å²) in [5.74, 6) is -1.02. The van der Waals surface area contributed by atoms with Gasteiger partial charge in [-0.3, -0.25) is 9.59 Å². The first-order valence-corrected chi connectivity index (χ1v) is 6.53. The van der Waals surface area contributed by atoms with Crippen molar-refractivity contribution in [1.29, 1.82) is 0 Å². The highest BCUT2D eigenvalue weighted by molar-refractivity contribution is 9.10. The zero-order chi connectivity index (χ0) is 13.7. The van der Waals surface area contributed by atoms with Crippen molar-refractivity contribution in [2.24, 2.45) is 0 Å². The molecule has 3 heteroatoms. The Morgan fingerprint density at radius 2 is 1.53 bits per heavy atom. The Labute approximate surface area is 119 Å². The van der Waals surface area contributed by atoms with Gasteiger partial charge in [0.25, 0.3) is 0 Å². The molecule has 0 aliphatic carbocycles. The van der Waals surface area contributed by atoms with E-state index in [2.05, 4.69) is 15.9 Å². The van der Waals surface area contributed by atoms with Gasteiger partial charge in [0.05, 0.1) is 0 Å². The van der Waals surface area contributed by atoms with E-state index in [9.17, 15) is 9.59 Å². The molecule has 0 saturated heterocycles. The maximum absolute atomic E-state index is 11.9. The van der Waals surface area contributed by atoms with Gasteiger partial charge in [-0.2, -0.15) is 0 Å². The fourth-order valence-electron chi connectivity index (χ4n) is 1.56. The lowest BCUT2D eigenvalue weighted by Gasteiger charge is -1.97. The first-order valence-electron chi connectivity index (χ1n) is 5.74. The minimum Gasteiger partial charge on any atom is -0.286 e. The van der Waals surface area contributed by atoms with Crippen LogP contribution < -0.4 is 0 Å². The molecule has 0 heterocycles. The molecule has 94 valence electrons. The Kier molecular flexibility index (Phi) is 4.42. The molecule has 0 saturated carbocycles. The SMILES string of the molecule is O=C(/C=C/c1ccccc1)C(=O)c1ccc(Br)cc1. The van der Waals surface area contributed by atoms with Crippen molar-refractivity contribution in [1.82, 2.24) is 0 Å². The van der Waals surface area contributed by atoms with E-state index in [-0.39, 0.29) is 0 Å². The zero-order valence-corrected chi connectivity index (χ0v) is 11.6. The number of allylic oxidation sites excluding steroid dienone is 1. The Morgan fingerprint density at radius 3 is 2.16 bits per heavy atom. The molecule has 2 nitrogen and oxygen atoms in total. The van der Waals surface area contributed by atoms with Gasteiger partial charge in [-0.25, -0.2) is 0 Å². The normalized spacial score (nSPS) is 10.6. The molecule has 2 aromatic rings. The van der Waals surface area contributed by atoms with Gasteiger partial charge in [0.2, 0.25) is 11.6 Å². The molecule has 19 heavy (non-hydrogen) atoms. The molecule has 0 amide bonds. The molecular weight excluding hydrogens is 304 g/mol. The van der Waals surface area contributed by atoms with E-state index in [0.29, 0.717) is 5.56 Å². The summed E-state index contributed by atoms with van der Waals surface area (Å²) in [6, 6.07) is 16.1. The monoisotopic (exact) mass is 314 g/mol. The zero-order valence-electron chi connectivity index (χ0n) is 10.0. The minimum absolute atomic E-state index is 0.394. The van der Waals surface area contributed by atoms with Crippen LogP contribution in [0, 0.1) is 0 Å². The number of hydrogen-bond donors (Lipinski definition) is 0. The number of hydrogen-bond acceptors (Lipinski definition) is 2. The first-order chi connectivity index (χ1) is 9.16.